The molecule has 2 N–H and O–H groups in total. The summed E-state index contributed by atoms with van der Waals surface area (Å²) in [6.07, 6.45) is 0.290. The van der Waals surface area contributed by atoms with E-state index in [1.54, 1.807) is 42.3 Å². The number of hydrogen-bond donors (Lipinski definition) is 2. The summed E-state index contributed by atoms with van der Waals surface area (Å²) in [6, 6.07) is 9.05. The van der Waals surface area contributed by atoms with Crippen LogP contribution in [0.2, 0.25) is 0 Å². The molecule has 1 aliphatic heterocycles. The third-order valence-electron chi connectivity index (χ3n) is 6.32. The van der Waals surface area contributed by atoms with Crippen LogP contribution in [-0.4, -0.2) is 94.4 Å². The lowest BCUT2D eigenvalue weighted by molar-refractivity contribution is -0.0466. The summed E-state index contributed by atoms with van der Waals surface area (Å²) < 4.78 is 42.7. The van der Waals surface area contributed by atoms with Gasteiger partial charge in [-0.3, -0.25) is 9.36 Å². The summed E-state index contributed by atoms with van der Waals surface area (Å²) in [6.45, 7) is 15.7. The Hall–Kier alpha value is -3.08. The van der Waals surface area contributed by atoms with Gasteiger partial charge in [-0.2, -0.15) is 0 Å². The highest BCUT2D eigenvalue weighted by Gasteiger charge is 2.48. The van der Waals surface area contributed by atoms with Crippen molar-refractivity contribution in [1.82, 2.24) is 24.2 Å². The van der Waals surface area contributed by atoms with Crippen LogP contribution in [0.3, 0.4) is 0 Å². The second kappa shape index (κ2) is 16.0. The molecule has 0 bridgehead atoms. The largest absolute Gasteiger partial charge is 0.400 e. The molecule has 5 atom stereocenters. The molecule has 14 heteroatoms. The van der Waals surface area contributed by atoms with Crippen LogP contribution >= 0.6 is 8.53 Å². The molecular formula is C28H40N7O6P. The van der Waals surface area contributed by atoms with Gasteiger partial charge in [0, 0.05) is 33.2 Å². The van der Waals surface area contributed by atoms with Crippen LogP contribution < -0.4 is 5.32 Å². The minimum absolute atomic E-state index is 0.0738. The van der Waals surface area contributed by atoms with E-state index in [4.69, 9.17) is 27.9 Å². The van der Waals surface area contributed by atoms with Crippen molar-refractivity contribution in [2.45, 2.75) is 71.2 Å². The highest BCUT2D eigenvalue weighted by atomic mass is 31.2. The molecule has 42 heavy (non-hydrogen) atoms. The molecule has 1 aliphatic rings. The normalized spacial score (nSPS) is 21.5. The van der Waals surface area contributed by atoms with Crippen LogP contribution in [0.4, 0.5) is 5.82 Å². The first kappa shape index (κ1) is 30.4. The lowest BCUT2D eigenvalue weighted by Crippen LogP contribution is -2.39. The van der Waals surface area contributed by atoms with Gasteiger partial charge in [0.25, 0.3) is 14.4 Å². The number of methoxy groups -OCH3 is 1. The van der Waals surface area contributed by atoms with E-state index in [-0.39, 0.29) is 43.9 Å². The van der Waals surface area contributed by atoms with E-state index in [1.165, 1.54) is 13.4 Å². The average molecular weight is 605 g/mol. The summed E-state index contributed by atoms with van der Waals surface area (Å²) >= 11 is 0. The Labute approximate surface area is 250 Å². The number of ether oxygens (including phenoxy) is 2. The van der Waals surface area contributed by atoms with E-state index >= 15 is 0 Å². The SMILES string of the molecule is [2H]C[C@H]1O[C@@H](n2cnc3c(NC(=O)c4ccccc4)ncnc32)C(OC)C1OP(OCC[N+]#[C-])N(C(C)C)C(C)C.[3H]OC. The van der Waals surface area contributed by atoms with Gasteiger partial charge in [0.15, 0.2) is 23.2 Å². The Morgan fingerprint density at radius 1 is 1.29 bits per heavy atom. The predicted octanol–water partition coefficient (Wildman–Crippen LogP) is 4.29. The van der Waals surface area contributed by atoms with Gasteiger partial charge in [0.1, 0.15) is 25.1 Å². The second-order valence-corrected chi connectivity index (χ2v) is 11.1. The molecule has 2 aromatic heterocycles. The fourth-order valence-electron chi connectivity index (χ4n) is 4.60. The van der Waals surface area contributed by atoms with Crippen molar-refractivity contribution in [3.8, 4) is 0 Å². The first-order valence-electron chi connectivity index (χ1n) is 14.6. The molecule has 3 aromatic rings. The quantitative estimate of drug-likeness (QED) is 0.175. The monoisotopic (exact) mass is 604 g/mol. The van der Waals surface area contributed by atoms with Gasteiger partial charge in [-0.1, -0.05) is 18.2 Å². The van der Waals surface area contributed by atoms with Crippen LogP contribution in [0.25, 0.3) is 16.0 Å². The number of fused-ring (bicyclic) bond motifs is 1. The van der Waals surface area contributed by atoms with Gasteiger partial charge in [-0.05, 0) is 46.7 Å². The maximum atomic E-state index is 12.8. The summed E-state index contributed by atoms with van der Waals surface area (Å²) in [5, 5.41) is 6.31. The molecule has 1 aromatic carbocycles. The molecule has 0 saturated carbocycles. The lowest BCUT2D eigenvalue weighted by Gasteiger charge is -2.37. The number of rotatable bonds is 12. The number of imidazole rings is 1. The Kier molecular flexibility index (Phi) is 11.5. The van der Waals surface area contributed by atoms with Crippen LogP contribution in [0.1, 0.15) is 52.6 Å². The molecule has 3 unspecified atom stereocenters. The number of nitrogens with one attached hydrogen (secondary N) is 1. The number of amides is 1. The molecule has 228 valence electrons. The maximum absolute atomic E-state index is 12.8. The van der Waals surface area contributed by atoms with Crippen molar-refractivity contribution >= 4 is 31.4 Å². The molecule has 1 amide bonds. The third kappa shape index (κ3) is 7.65. The van der Waals surface area contributed by atoms with Gasteiger partial charge < -0.3 is 33.8 Å². The van der Waals surface area contributed by atoms with Crippen LogP contribution in [0.15, 0.2) is 43.0 Å². The Bertz CT molecular complexity index is 1360. The first-order valence-corrected chi connectivity index (χ1v) is 14.6. The Morgan fingerprint density at radius 2 is 2.00 bits per heavy atom. The number of hydrogen-bond acceptors (Lipinski definition) is 10. The fraction of sp³-hybridized carbons (Fsp3) is 0.536. The van der Waals surface area contributed by atoms with Crippen molar-refractivity contribution in [3.05, 3.63) is 60.0 Å². The van der Waals surface area contributed by atoms with E-state index in [0.717, 1.165) is 0 Å². The lowest BCUT2D eigenvalue weighted by atomic mass is 10.1. The second-order valence-electron chi connectivity index (χ2n) is 9.72. The van der Waals surface area contributed by atoms with Crippen molar-refractivity contribution < 1.29 is 29.8 Å². The summed E-state index contributed by atoms with van der Waals surface area (Å²) in [5.74, 6) is -0.0538. The van der Waals surface area contributed by atoms with Gasteiger partial charge in [0.2, 0.25) is 7.98 Å². The van der Waals surface area contributed by atoms with E-state index in [2.05, 4.69) is 62.6 Å². The number of benzene rings is 1. The molecular weight excluding hydrogens is 561 g/mol. The fourth-order valence-corrected chi connectivity index (χ4v) is 6.36. The molecule has 0 aliphatic carbocycles. The highest BCUT2D eigenvalue weighted by molar-refractivity contribution is 7.44. The summed E-state index contributed by atoms with van der Waals surface area (Å²) in [7, 11) is 1.27. The number of nitrogens with zero attached hydrogens (tertiary/aromatic N) is 6. The number of anilines is 1. The Balaban J connectivity index is 0.00000169. The number of carbonyl (C=O) groups excluding carboxylic acids is 1. The summed E-state index contributed by atoms with van der Waals surface area (Å²) in [4.78, 5) is 29.3. The summed E-state index contributed by atoms with van der Waals surface area (Å²) in [5.41, 5.74) is 1.31. The predicted molar refractivity (Wildman–Crippen MR) is 160 cm³/mol. The molecule has 0 radical (unpaired) electrons. The van der Waals surface area contributed by atoms with Crippen molar-refractivity contribution in [2.75, 3.05) is 32.7 Å². The minimum atomic E-state index is -1.59. The average Bonchev–Trinajstić information content (AvgIpc) is 3.59. The van der Waals surface area contributed by atoms with Gasteiger partial charge in [-0.15, -0.1) is 0 Å². The van der Waals surface area contributed by atoms with Gasteiger partial charge in [-0.25, -0.2) is 26.2 Å². The number of aliphatic hydroxyl groups is 1. The zero-order chi connectivity index (χ0) is 32.2. The zero-order valence-corrected chi connectivity index (χ0v) is 25.6. The van der Waals surface area contributed by atoms with Gasteiger partial charge in [0.05, 0.1) is 12.4 Å². The molecule has 13 nitrogen and oxygen atoms in total. The molecule has 4 rings (SSSR count). The van der Waals surface area contributed by atoms with Crippen LogP contribution in [0.5, 0.6) is 0 Å². The maximum Gasteiger partial charge on any atom is 0.259 e. The zero-order valence-electron chi connectivity index (χ0n) is 26.7. The third-order valence-corrected chi connectivity index (χ3v) is 8.45. The number of aliphatic hydroxyl groups excluding tert-OH is 1. The van der Waals surface area contributed by atoms with Crippen molar-refractivity contribution in [1.29, 1.82) is 1.43 Å². The van der Waals surface area contributed by atoms with E-state index in [9.17, 15) is 4.79 Å². The van der Waals surface area contributed by atoms with E-state index in [1.807, 2.05) is 6.07 Å². The van der Waals surface area contributed by atoms with Crippen LogP contribution in [0, 0.1) is 6.57 Å². The highest BCUT2D eigenvalue weighted by Crippen LogP contribution is 2.50. The smallest absolute Gasteiger partial charge is 0.259 e. The molecule has 3 heterocycles. The van der Waals surface area contributed by atoms with Crippen molar-refractivity contribution in [3.63, 3.8) is 0 Å². The number of carbonyl (C=O) groups is 1. The topological polar surface area (TPSA) is 137 Å². The van der Waals surface area contributed by atoms with Crippen molar-refractivity contribution in [2.24, 2.45) is 0 Å². The van der Waals surface area contributed by atoms with E-state index < -0.39 is 33.1 Å². The standard InChI is InChI=1S/C27H36N7O5P.CH4O/c1-17(2)34(18(3)4)40(37-14-13-28-6)39-22-19(5)38-27(23(22)36-7)33-16-31-21-24(29-15-30-25(21)33)32-26(35)20-11-9-8-10-12-20;1-2/h8-12,15-19,22-23,27H,13-14H2,1-5,7H3,(H,29,30,32,35);2H,1H3/t19-,22?,23?,27-,40?;/m1./s1/i5D;2T. The molecule has 0 spiro atoms. The van der Waals surface area contributed by atoms with E-state index in [0.29, 0.717) is 16.7 Å². The van der Waals surface area contributed by atoms with Gasteiger partial charge >= 0.3 is 0 Å². The molecule has 1 fully saturated rings. The first-order chi connectivity index (χ1) is 21.2. The Morgan fingerprint density at radius 3 is 2.62 bits per heavy atom. The minimum Gasteiger partial charge on any atom is -0.400 e. The number of aromatic nitrogens is 4. The van der Waals surface area contributed by atoms with Crippen LogP contribution in [-0.2, 0) is 18.5 Å². The molecule has 1 saturated heterocycles.